The summed E-state index contributed by atoms with van der Waals surface area (Å²) >= 11 is 0. The fourth-order valence-electron chi connectivity index (χ4n) is 6.00. The molecule has 49 heavy (non-hydrogen) atoms. The molecule has 1 aliphatic rings. The highest BCUT2D eigenvalue weighted by Crippen LogP contribution is 2.24. The largest absolute Gasteiger partial charge is 0.411 e. The van der Waals surface area contributed by atoms with Crippen molar-refractivity contribution in [2.75, 3.05) is 26.2 Å². The molecule has 1 unspecified atom stereocenters. The van der Waals surface area contributed by atoms with Crippen LogP contribution in [0.3, 0.4) is 0 Å². The van der Waals surface area contributed by atoms with Gasteiger partial charge in [-0.25, -0.2) is 13.2 Å². The molecule has 2 heterocycles. The van der Waals surface area contributed by atoms with E-state index in [9.17, 15) is 23.1 Å². The zero-order valence-electron chi connectivity index (χ0n) is 28.6. The Morgan fingerprint density at radius 3 is 2.33 bits per heavy atom. The topological polar surface area (TPSA) is 156 Å². The highest BCUT2D eigenvalue weighted by atomic mass is 32.2. The summed E-state index contributed by atoms with van der Waals surface area (Å²) in [4.78, 5) is 35.5. The van der Waals surface area contributed by atoms with E-state index in [1.165, 1.54) is 34.8 Å². The fourth-order valence-corrected chi connectivity index (χ4v) is 7.62. The lowest BCUT2D eigenvalue weighted by atomic mass is 9.95. The normalized spacial score (nSPS) is 16.3. The van der Waals surface area contributed by atoms with Gasteiger partial charge in [-0.2, -0.15) is 4.31 Å². The van der Waals surface area contributed by atoms with E-state index in [1.54, 1.807) is 16.0 Å². The first-order valence-corrected chi connectivity index (χ1v) is 18.1. The molecule has 13 heteroatoms. The molecule has 3 amide bonds. The molecule has 0 bridgehead atoms. The zero-order chi connectivity index (χ0) is 35.6. The van der Waals surface area contributed by atoms with Crippen LogP contribution in [0.15, 0.2) is 89.0 Å². The molecule has 4 rings (SSSR count). The van der Waals surface area contributed by atoms with Crippen molar-refractivity contribution in [2.24, 2.45) is 17.0 Å². The second kappa shape index (κ2) is 17.4. The van der Waals surface area contributed by atoms with Gasteiger partial charge >= 0.3 is 6.03 Å². The van der Waals surface area contributed by atoms with Crippen LogP contribution in [0.5, 0.6) is 0 Å². The van der Waals surface area contributed by atoms with Gasteiger partial charge in [-0.05, 0) is 53.6 Å². The predicted octanol–water partition coefficient (Wildman–Crippen LogP) is 3.98. The summed E-state index contributed by atoms with van der Waals surface area (Å²) in [5, 5.41) is 26.6. The van der Waals surface area contributed by atoms with E-state index in [0.717, 1.165) is 11.3 Å². The molecule has 264 valence electrons. The van der Waals surface area contributed by atoms with Crippen LogP contribution in [-0.4, -0.2) is 100 Å². The number of urea groups is 1. The Kier molecular flexibility index (Phi) is 13.3. The first kappa shape index (κ1) is 37.5. The van der Waals surface area contributed by atoms with Crippen LogP contribution in [0.4, 0.5) is 4.79 Å². The standard InChI is InChI=1S/C36H48N6O6S/c1-5-27(4)34(42-20-19-40(36(42)45)24-30-13-9-10-18-37-30)35(44)39-32(21-28-11-7-6-8-12-28)33(43)25-41(23-26(2)3)49(47,48)31-16-14-29(15-17-31)22-38-46/h6-18,22,26-27,32-34,43,46H,5,19-21,23-25H2,1-4H3,(H,39,44)/b38-22+/t27?,32-,33+,34-/m0/s1. The number of carbonyl (C=O) groups is 2. The lowest BCUT2D eigenvalue weighted by molar-refractivity contribution is -0.128. The van der Waals surface area contributed by atoms with Gasteiger partial charge in [-0.15, -0.1) is 0 Å². The minimum absolute atomic E-state index is 0.0266. The van der Waals surface area contributed by atoms with Crippen LogP contribution in [0.1, 0.15) is 50.9 Å². The Labute approximate surface area is 289 Å². The van der Waals surface area contributed by atoms with Gasteiger partial charge in [-0.1, -0.05) is 87.8 Å². The van der Waals surface area contributed by atoms with Crippen LogP contribution >= 0.6 is 0 Å². The maximum absolute atomic E-state index is 14.2. The Balaban J connectivity index is 1.59. The van der Waals surface area contributed by atoms with E-state index in [4.69, 9.17) is 5.21 Å². The van der Waals surface area contributed by atoms with Crippen molar-refractivity contribution < 1.29 is 28.3 Å². The number of nitrogens with zero attached hydrogens (tertiary/aromatic N) is 5. The quantitative estimate of drug-likeness (QED) is 0.110. The summed E-state index contributed by atoms with van der Waals surface area (Å²) in [5.74, 6) is -0.651. The molecule has 0 saturated carbocycles. The zero-order valence-corrected chi connectivity index (χ0v) is 29.4. The van der Waals surface area contributed by atoms with Crippen molar-refractivity contribution in [3.05, 3.63) is 95.8 Å². The average molecular weight is 693 g/mol. The van der Waals surface area contributed by atoms with Gasteiger partial charge in [0, 0.05) is 32.4 Å². The number of carbonyl (C=O) groups excluding carboxylic acids is 2. The van der Waals surface area contributed by atoms with Gasteiger partial charge in [0.05, 0.1) is 35.5 Å². The van der Waals surface area contributed by atoms with E-state index < -0.39 is 34.1 Å². The smallest absolute Gasteiger partial charge is 0.321 e. The van der Waals surface area contributed by atoms with Crippen LogP contribution in [-0.2, 0) is 27.8 Å². The average Bonchev–Trinajstić information content (AvgIpc) is 3.43. The Bertz CT molecular complexity index is 1640. The maximum atomic E-state index is 14.2. The number of aromatic nitrogens is 1. The van der Waals surface area contributed by atoms with Gasteiger partial charge in [0.15, 0.2) is 0 Å². The maximum Gasteiger partial charge on any atom is 0.321 e. The number of nitrogens with one attached hydrogen (secondary N) is 1. The number of sulfonamides is 1. The molecule has 0 spiro atoms. The van der Waals surface area contributed by atoms with E-state index >= 15 is 0 Å². The van der Waals surface area contributed by atoms with Gasteiger partial charge in [0.25, 0.3) is 0 Å². The fraction of sp³-hybridized carbons (Fsp3) is 0.444. The third-order valence-electron chi connectivity index (χ3n) is 8.77. The number of aliphatic hydroxyl groups is 1. The van der Waals surface area contributed by atoms with Gasteiger partial charge in [-0.3, -0.25) is 9.78 Å². The Hall–Kier alpha value is -4.33. The number of amides is 3. The van der Waals surface area contributed by atoms with Crippen LogP contribution in [0.2, 0.25) is 0 Å². The molecular formula is C36H48N6O6S. The molecule has 2 aromatic carbocycles. The van der Waals surface area contributed by atoms with E-state index in [1.807, 2.05) is 76.2 Å². The molecule has 4 atom stereocenters. The number of aliphatic hydroxyl groups excluding tert-OH is 1. The van der Waals surface area contributed by atoms with Crippen molar-refractivity contribution in [3.8, 4) is 0 Å². The van der Waals surface area contributed by atoms with Crippen LogP contribution in [0, 0.1) is 11.8 Å². The van der Waals surface area contributed by atoms with E-state index in [2.05, 4.69) is 15.5 Å². The first-order valence-electron chi connectivity index (χ1n) is 16.7. The van der Waals surface area contributed by atoms with E-state index in [-0.39, 0.29) is 42.3 Å². The number of rotatable bonds is 17. The number of pyridine rings is 1. The minimum Gasteiger partial charge on any atom is -0.411 e. The molecule has 0 aliphatic carbocycles. The molecule has 1 saturated heterocycles. The summed E-state index contributed by atoms with van der Waals surface area (Å²) < 4.78 is 29.0. The number of benzene rings is 2. The highest BCUT2D eigenvalue weighted by Gasteiger charge is 2.41. The van der Waals surface area contributed by atoms with Crippen molar-refractivity contribution in [1.29, 1.82) is 0 Å². The van der Waals surface area contributed by atoms with Crippen LogP contribution in [0.25, 0.3) is 0 Å². The van der Waals surface area contributed by atoms with Crippen molar-refractivity contribution in [3.63, 3.8) is 0 Å². The lowest BCUT2D eigenvalue weighted by Crippen LogP contribution is -2.57. The second-order valence-electron chi connectivity index (χ2n) is 13.0. The van der Waals surface area contributed by atoms with Crippen LogP contribution < -0.4 is 5.32 Å². The SMILES string of the molecule is CCC(C)[C@@H](C(=O)N[C@@H](Cc1ccccc1)[C@H](O)CN(CC(C)C)S(=O)(=O)c1ccc(/C=N/O)cc1)N1CCN(Cc2ccccn2)C1=O. The molecule has 1 aliphatic heterocycles. The Morgan fingerprint density at radius 2 is 1.71 bits per heavy atom. The number of oxime groups is 1. The summed E-state index contributed by atoms with van der Waals surface area (Å²) in [5.41, 5.74) is 2.13. The van der Waals surface area contributed by atoms with Gasteiger partial charge < -0.3 is 25.4 Å². The minimum atomic E-state index is -4.05. The molecule has 1 aromatic heterocycles. The third kappa shape index (κ3) is 9.87. The predicted molar refractivity (Wildman–Crippen MR) is 187 cm³/mol. The van der Waals surface area contributed by atoms with Gasteiger partial charge in [0.2, 0.25) is 15.9 Å². The summed E-state index contributed by atoms with van der Waals surface area (Å²) in [6.07, 6.45) is 2.47. The van der Waals surface area contributed by atoms with Crippen molar-refractivity contribution >= 4 is 28.2 Å². The second-order valence-corrected chi connectivity index (χ2v) is 14.9. The molecule has 0 radical (unpaired) electrons. The summed E-state index contributed by atoms with van der Waals surface area (Å²) in [6.45, 7) is 8.67. The van der Waals surface area contributed by atoms with E-state index in [0.29, 0.717) is 31.6 Å². The molecule has 3 N–H and O–H groups in total. The first-order chi connectivity index (χ1) is 23.4. The summed E-state index contributed by atoms with van der Waals surface area (Å²) in [7, 11) is -4.05. The monoisotopic (exact) mass is 692 g/mol. The van der Waals surface area contributed by atoms with Crippen molar-refractivity contribution in [2.45, 2.75) is 70.2 Å². The van der Waals surface area contributed by atoms with Gasteiger partial charge in [0.1, 0.15) is 6.04 Å². The lowest BCUT2D eigenvalue weighted by Gasteiger charge is -2.35. The number of hydrogen-bond donors (Lipinski definition) is 3. The molecule has 12 nitrogen and oxygen atoms in total. The molecular weight excluding hydrogens is 644 g/mol. The highest BCUT2D eigenvalue weighted by molar-refractivity contribution is 7.89. The Morgan fingerprint density at radius 1 is 1.02 bits per heavy atom. The molecule has 1 fully saturated rings. The molecule has 3 aromatic rings. The third-order valence-corrected chi connectivity index (χ3v) is 10.6. The van der Waals surface area contributed by atoms with Crippen molar-refractivity contribution in [1.82, 2.24) is 24.4 Å². The summed E-state index contributed by atoms with van der Waals surface area (Å²) in [6, 6.07) is 18.9. The number of hydrogen-bond acceptors (Lipinski definition) is 8.